The Bertz CT molecular complexity index is 629. The molecule has 0 heterocycles. The second-order valence-corrected chi connectivity index (χ2v) is 22.2. The van der Waals surface area contributed by atoms with Crippen LogP contribution in [-0.2, 0) is 15.7 Å². The van der Waals surface area contributed by atoms with Crippen LogP contribution in [0.4, 0.5) is 0 Å². The standard InChI is InChI=1S/2C18H34O2.2CH3.Sn/c2*1-2-3-4-5-6-7-8-9-10-11-12-13-14-15-16-17-18(19)20;;;/h2*9-10H,2-8,11-17H2,1H3,(H,19,20);2*1H3;/q;;;;+2/p-2. The molecule has 0 rings (SSSR count). The van der Waals surface area contributed by atoms with Crippen LogP contribution in [0.2, 0.25) is 9.88 Å². The summed E-state index contributed by atoms with van der Waals surface area (Å²) in [7, 11) is 0. The minimum absolute atomic E-state index is 0.188. The van der Waals surface area contributed by atoms with E-state index in [1.807, 2.05) is 9.88 Å². The summed E-state index contributed by atoms with van der Waals surface area (Å²) >= 11 is -3.56. The third-order valence-electron chi connectivity index (χ3n) is 8.00. The summed E-state index contributed by atoms with van der Waals surface area (Å²) in [5, 5.41) is 0. The molecule has 0 aliphatic rings. The van der Waals surface area contributed by atoms with Gasteiger partial charge in [-0.25, -0.2) is 0 Å². The Morgan fingerprint density at radius 1 is 0.419 bits per heavy atom. The molecular formula is C38H72O4Sn. The molecule has 0 amide bonds. The van der Waals surface area contributed by atoms with Gasteiger partial charge in [0, 0.05) is 0 Å². The summed E-state index contributed by atoms with van der Waals surface area (Å²) in [5.74, 6) is -0.375. The molecule has 0 saturated carbocycles. The molecule has 0 aromatic carbocycles. The molecule has 43 heavy (non-hydrogen) atoms. The van der Waals surface area contributed by atoms with Crippen LogP contribution in [0, 0.1) is 0 Å². The zero-order valence-corrected chi connectivity index (χ0v) is 32.1. The van der Waals surface area contributed by atoms with Crippen molar-refractivity contribution in [3.05, 3.63) is 24.3 Å². The van der Waals surface area contributed by atoms with Crippen molar-refractivity contribution < 1.29 is 15.7 Å². The van der Waals surface area contributed by atoms with Gasteiger partial charge in [-0.3, -0.25) is 0 Å². The van der Waals surface area contributed by atoms with E-state index in [0.717, 1.165) is 38.5 Å². The van der Waals surface area contributed by atoms with E-state index in [-0.39, 0.29) is 11.9 Å². The summed E-state index contributed by atoms with van der Waals surface area (Å²) in [6.45, 7) is 4.53. The molecule has 0 spiro atoms. The van der Waals surface area contributed by atoms with Gasteiger partial charge in [0.1, 0.15) is 0 Å². The predicted octanol–water partition coefficient (Wildman–Crippen LogP) is 12.8. The van der Waals surface area contributed by atoms with Crippen molar-refractivity contribution in [2.45, 2.75) is 204 Å². The number of rotatable bonds is 32. The van der Waals surface area contributed by atoms with Gasteiger partial charge in [0.2, 0.25) is 0 Å². The van der Waals surface area contributed by atoms with E-state index in [1.165, 1.54) is 128 Å². The summed E-state index contributed by atoms with van der Waals surface area (Å²) in [6.07, 6.45) is 42.5. The molecule has 5 heteroatoms. The molecule has 0 aliphatic carbocycles. The first-order valence-corrected chi connectivity index (χ1v) is 26.7. The van der Waals surface area contributed by atoms with Crippen molar-refractivity contribution in [3.63, 3.8) is 0 Å². The molecule has 0 unspecified atom stereocenters. The van der Waals surface area contributed by atoms with Gasteiger partial charge >= 0.3 is 184 Å². The molecule has 0 aromatic heterocycles. The SMILES string of the molecule is CCCCCCCCC=CCCCCCCCC(=O)[O][Sn]([CH3])([CH3])[O]C(=O)CCCCCCCC=CCCCCCCCC. The van der Waals surface area contributed by atoms with E-state index >= 15 is 0 Å². The Hall–Kier alpha value is -0.781. The van der Waals surface area contributed by atoms with Crippen molar-refractivity contribution in [1.29, 1.82) is 0 Å². The van der Waals surface area contributed by atoms with Gasteiger partial charge in [0.25, 0.3) is 0 Å². The molecule has 0 atom stereocenters. The fourth-order valence-electron chi connectivity index (χ4n) is 5.35. The Morgan fingerprint density at radius 3 is 0.977 bits per heavy atom. The van der Waals surface area contributed by atoms with Crippen LogP contribution in [-0.4, -0.2) is 31.1 Å². The van der Waals surface area contributed by atoms with Crippen LogP contribution < -0.4 is 0 Å². The Kier molecular flexibility index (Phi) is 32.0. The zero-order chi connectivity index (χ0) is 31.7. The third-order valence-corrected chi connectivity index (χ3v) is 12.1. The molecule has 0 radical (unpaired) electrons. The second-order valence-electron chi connectivity index (χ2n) is 13.0. The number of carbonyl (C=O) groups excluding carboxylic acids is 2. The van der Waals surface area contributed by atoms with E-state index in [1.54, 1.807) is 0 Å². The van der Waals surface area contributed by atoms with Crippen LogP contribution in [0.15, 0.2) is 24.3 Å². The van der Waals surface area contributed by atoms with Gasteiger partial charge in [-0.15, -0.1) is 0 Å². The fraction of sp³-hybridized carbons (Fsp3) is 0.842. The Labute approximate surface area is 273 Å². The van der Waals surface area contributed by atoms with E-state index in [4.69, 9.17) is 6.15 Å². The minimum atomic E-state index is -3.56. The third kappa shape index (κ3) is 33.9. The van der Waals surface area contributed by atoms with Crippen molar-refractivity contribution in [2.75, 3.05) is 0 Å². The summed E-state index contributed by atoms with van der Waals surface area (Å²) in [6, 6.07) is 0. The topological polar surface area (TPSA) is 52.6 Å². The minimum Gasteiger partial charge on any atom is -0.0654 e. The van der Waals surface area contributed by atoms with Gasteiger partial charge in [-0.1, -0.05) is 78.1 Å². The van der Waals surface area contributed by atoms with Gasteiger partial charge in [0.15, 0.2) is 0 Å². The van der Waals surface area contributed by atoms with E-state index < -0.39 is 19.2 Å². The Morgan fingerprint density at radius 2 is 0.674 bits per heavy atom. The summed E-state index contributed by atoms with van der Waals surface area (Å²) in [5.41, 5.74) is 0. The van der Waals surface area contributed by atoms with Crippen LogP contribution in [0.1, 0.15) is 194 Å². The normalized spacial score (nSPS) is 12.0. The molecular weight excluding hydrogens is 639 g/mol. The smallest absolute Gasteiger partial charge is 0.0654 e. The van der Waals surface area contributed by atoms with Crippen LogP contribution in [0.3, 0.4) is 0 Å². The molecule has 0 aromatic rings. The van der Waals surface area contributed by atoms with Gasteiger partial charge in [-0.05, 0) is 12.8 Å². The molecule has 4 nitrogen and oxygen atoms in total. The van der Waals surface area contributed by atoms with Crippen molar-refractivity contribution >= 4 is 31.1 Å². The number of carbonyl (C=O) groups is 2. The molecule has 0 saturated heterocycles. The van der Waals surface area contributed by atoms with Crippen LogP contribution in [0.25, 0.3) is 0 Å². The quantitative estimate of drug-likeness (QED) is 0.0396. The second kappa shape index (κ2) is 32.6. The molecule has 0 aliphatic heterocycles. The predicted molar refractivity (Wildman–Crippen MR) is 189 cm³/mol. The first-order chi connectivity index (χ1) is 20.9. The van der Waals surface area contributed by atoms with E-state index in [0.29, 0.717) is 12.8 Å². The van der Waals surface area contributed by atoms with Crippen LogP contribution >= 0.6 is 0 Å². The molecule has 252 valence electrons. The summed E-state index contributed by atoms with van der Waals surface area (Å²) < 4.78 is 11.3. The maximum atomic E-state index is 12.3. The average molecular weight is 712 g/mol. The molecule has 0 N–H and O–H groups in total. The Balaban J connectivity index is 3.61. The zero-order valence-electron chi connectivity index (χ0n) is 29.2. The number of allylic oxidation sites excluding steroid dienone is 4. The number of hydrogen-bond acceptors (Lipinski definition) is 4. The summed E-state index contributed by atoms with van der Waals surface area (Å²) in [4.78, 5) is 28.3. The monoisotopic (exact) mass is 712 g/mol. The number of unbranched alkanes of at least 4 members (excludes halogenated alkanes) is 22. The van der Waals surface area contributed by atoms with Crippen molar-refractivity contribution in [2.24, 2.45) is 0 Å². The molecule has 0 fully saturated rings. The first kappa shape index (κ1) is 42.2. The van der Waals surface area contributed by atoms with Gasteiger partial charge in [-0.2, -0.15) is 0 Å². The van der Waals surface area contributed by atoms with E-state index in [2.05, 4.69) is 38.2 Å². The van der Waals surface area contributed by atoms with Crippen molar-refractivity contribution in [1.82, 2.24) is 0 Å². The van der Waals surface area contributed by atoms with E-state index in [9.17, 15) is 9.59 Å². The van der Waals surface area contributed by atoms with Gasteiger partial charge in [0.05, 0.1) is 0 Å². The maximum absolute atomic E-state index is 12.3. The number of hydrogen-bond donors (Lipinski definition) is 0. The average Bonchev–Trinajstić information content (AvgIpc) is 2.96. The first-order valence-electron chi connectivity index (χ1n) is 18.6. The van der Waals surface area contributed by atoms with Gasteiger partial charge < -0.3 is 0 Å². The van der Waals surface area contributed by atoms with Crippen molar-refractivity contribution in [3.8, 4) is 0 Å². The van der Waals surface area contributed by atoms with Crippen LogP contribution in [0.5, 0.6) is 0 Å². The fourth-order valence-corrected chi connectivity index (χ4v) is 9.18. The molecule has 0 bridgehead atoms.